The number of hydrogen-bond donors (Lipinski definition) is 2. The first-order valence-corrected chi connectivity index (χ1v) is 5.36. The Hall–Kier alpha value is -0.910. The van der Waals surface area contributed by atoms with Crippen molar-refractivity contribution < 1.29 is 0 Å². The Bertz CT molecular complexity index is 265. The summed E-state index contributed by atoms with van der Waals surface area (Å²) >= 11 is 0. The van der Waals surface area contributed by atoms with Gasteiger partial charge in [0.2, 0.25) is 0 Å². The molecule has 5 heteroatoms. The molecule has 0 unspecified atom stereocenters. The van der Waals surface area contributed by atoms with Crippen LogP contribution in [-0.4, -0.2) is 47.2 Å². The van der Waals surface area contributed by atoms with Gasteiger partial charge in [-0.15, -0.1) is 0 Å². The Morgan fingerprint density at radius 2 is 1.93 bits per heavy atom. The lowest BCUT2D eigenvalue weighted by molar-refractivity contribution is 0.290. The van der Waals surface area contributed by atoms with Gasteiger partial charge in [0, 0.05) is 58.6 Å². The maximum absolute atomic E-state index is 5.54. The first-order valence-electron chi connectivity index (χ1n) is 5.36. The van der Waals surface area contributed by atoms with Crippen molar-refractivity contribution in [3.8, 4) is 0 Å². The molecule has 4 N–H and O–H groups in total. The van der Waals surface area contributed by atoms with Gasteiger partial charge in [0.15, 0.2) is 0 Å². The molecule has 0 aliphatic rings. The molecule has 0 saturated carbocycles. The van der Waals surface area contributed by atoms with Gasteiger partial charge < -0.3 is 20.9 Å². The summed E-state index contributed by atoms with van der Waals surface area (Å²) in [7, 11) is 2.01. The quantitative estimate of drug-likeness (QED) is 0.618. The molecule has 0 amide bonds. The third kappa shape index (κ3) is 3.99. The van der Waals surface area contributed by atoms with E-state index in [1.54, 1.807) is 0 Å². The van der Waals surface area contributed by atoms with Crippen LogP contribution in [-0.2, 0) is 13.5 Å². The Kier molecular flexibility index (Phi) is 5.31. The zero-order valence-electron chi connectivity index (χ0n) is 9.39. The second kappa shape index (κ2) is 6.55. The van der Waals surface area contributed by atoms with Crippen LogP contribution in [0.25, 0.3) is 0 Å². The van der Waals surface area contributed by atoms with E-state index in [2.05, 4.69) is 9.88 Å². The monoisotopic (exact) mass is 211 g/mol. The van der Waals surface area contributed by atoms with Crippen molar-refractivity contribution in [1.82, 2.24) is 14.5 Å². The molecule has 0 atom stereocenters. The van der Waals surface area contributed by atoms with Crippen molar-refractivity contribution in [2.24, 2.45) is 18.5 Å². The van der Waals surface area contributed by atoms with Crippen molar-refractivity contribution >= 4 is 0 Å². The summed E-state index contributed by atoms with van der Waals surface area (Å²) in [5.74, 6) is 1.11. The van der Waals surface area contributed by atoms with Crippen LogP contribution in [0.3, 0.4) is 0 Å². The molecule has 0 aliphatic carbocycles. The maximum Gasteiger partial charge on any atom is 0.109 e. The molecule has 0 spiro atoms. The molecule has 1 aromatic heterocycles. The lowest BCUT2D eigenvalue weighted by atomic mass is 10.3. The molecule has 15 heavy (non-hydrogen) atoms. The Labute approximate surface area is 91.1 Å². The fraction of sp³-hybridized carbons (Fsp3) is 0.700. The normalized spacial score (nSPS) is 11.2. The van der Waals surface area contributed by atoms with Gasteiger partial charge in [-0.2, -0.15) is 0 Å². The van der Waals surface area contributed by atoms with E-state index in [0.29, 0.717) is 13.1 Å². The van der Waals surface area contributed by atoms with Crippen LogP contribution in [0.1, 0.15) is 5.82 Å². The van der Waals surface area contributed by atoms with Crippen molar-refractivity contribution in [2.45, 2.75) is 6.42 Å². The van der Waals surface area contributed by atoms with E-state index in [1.807, 2.05) is 24.0 Å². The van der Waals surface area contributed by atoms with Crippen molar-refractivity contribution in [3.05, 3.63) is 18.2 Å². The van der Waals surface area contributed by atoms with E-state index < -0.39 is 0 Å². The average Bonchev–Trinajstić information content (AvgIpc) is 2.61. The summed E-state index contributed by atoms with van der Waals surface area (Å²) in [6.45, 7) is 4.14. The smallest absolute Gasteiger partial charge is 0.109 e. The summed E-state index contributed by atoms with van der Waals surface area (Å²) < 4.78 is 2.04. The molecule has 0 radical (unpaired) electrons. The first kappa shape index (κ1) is 12.2. The van der Waals surface area contributed by atoms with E-state index in [-0.39, 0.29) is 0 Å². The molecule has 0 bridgehead atoms. The second-order valence-electron chi connectivity index (χ2n) is 3.62. The third-order valence-corrected chi connectivity index (χ3v) is 2.46. The van der Waals surface area contributed by atoms with Crippen molar-refractivity contribution in [3.63, 3.8) is 0 Å². The van der Waals surface area contributed by atoms with Crippen LogP contribution in [0.5, 0.6) is 0 Å². The molecule has 0 aliphatic heterocycles. The predicted octanol–water partition coefficient (Wildman–Crippen LogP) is -0.818. The van der Waals surface area contributed by atoms with Crippen LogP contribution >= 0.6 is 0 Å². The topological polar surface area (TPSA) is 73.1 Å². The van der Waals surface area contributed by atoms with Crippen LogP contribution in [0, 0.1) is 0 Å². The average molecular weight is 211 g/mol. The van der Waals surface area contributed by atoms with Gasteiger partial charge in [0.1, 0.15) is 5.82 Å². The highest BCUT2D eigenvalue weighted by atomic mass is 15.1. The number of hydrogen-bond acceptors (Lipinski definition) is 4. The molecule has 1 heterocycles. The van der Waals surface area contributed by atoms with Crippen molar-refractivity contribution in [2.75, 3.05) is 32.7 Å². The van der Waals surface area contributed by atoms with Gasteiger partial charge in [0.25, 0.3) is 0 Å². The number of rotatable bonds is 7. The number of aromatic nitrogens is 2. The summed E-state index contributed by atoms with van der Waals surface area (Å²) in [4.78, 5) is 6.55. The number of aryl methyl sites for hydroxylation is 1. The molecule has 1 aromatic rings. The van der Waals surface area contributed by atoms with Crippen LogP contribution in [0.2, 0.25) is 0 Å². The SMILES string of the molecule is Cn1ccnc1CCN(CCN)CCN. The number of imidazole rings is 1. The van der Waals surface area contributed by atoms with Gasteiger partial charge >= 0.3 is 0 Å². The predicted molar refractivity (Wildman–Crippen MR) is 61.5 cm³/mol. The molecule has 1 rings (SSSR count). The molecule has 86 valence electrons. The Morgan fingerprint density at radius 3 is 2.40 bits per heavy atom. The summed E-state index contributed by atoms with van der Waals surface area (Å²) in [6, 6.07) is 0. The van der Waals surface area contributed by atoms with Crippen molar-refractivity contribution in [1.29, 1.82) is 0 Å². The largest absolute Gasteiger partial charge is 0.338 e. The molecular formula is C10H21N5. The Balaban J connectivity index is 2.36. The van der Waals surface area contributed by atoms with E-state index in [0.717, 1.165) is 31.9 Å². The highest BCUT2D eigenvalue weighted by molar-refractivity contribution is 4.91. The summed E-state index contributed by atoms with van der Waals surface area (Å²) in [5.41, 5.74) is 11.1. The van der Waals surface area contributed by atoms with Gasteiger partial charge in [-0.05, 0) is 0 Å². The van der Waals surface area contributed by atoms with E-state index in [9.17, 15) is 0 Å². The van der Waals surface area contributed by atoms with Crippen LogP contribution in [0.4, 0.5) is 0 Å². The van der Waals surface area contributed by atoms with Gasteiger partial charge in [-0.25, -0.2) is 4.98 Å². The minimum absolute atomic E-state index is 0.681. The van der Waals surface area contributed by atoms with E-state index in [1.165, 1.54) is 0 Å². The second-order valence-corrected chi connectivity index (χ2v) is 3.62. The Morgan fingerprint density at radius 1 is 1.27 bits per heavy atom. The zero-order chi connectivity index (χ0) is 11.1. The lowest BCUT2D eigenvalue weighted by Gasteiger charge is -2.20. The summed E-state index contributed by atoms with van der Waals surface area (Å²) in [5, 5.41) is 0. The van der Waals surface area contributed by atoms with E-state index >= 15 is 0 Å². The first-order chi connectivity index (χ1) is 7.27. The zero-order valence-corrected chi connectivity index (χ0v) is 9.39. The summed E-state index contributed by atoms with van der Waals surface area (Å²) in [6.07, 6.45) is 4.74. The minimum Gasteiger partial charge on any atom is -0.338 e. The van der Waals surface area contributed by atoms with Crippen LogP contribution < -0.4 is 11.5 Å². The number of nitrogens with two attached hydrogens (primary N) is 2. The molecule has 0 fully saturated rings. The highest BCUT2D eigenvalue weighted by Crippen LogP contribution is 1.97. The van der Waals surface area contributed by atoms with E-state index in [4.69, 9.17) is 11.5 Å². The lowest BCUT2D eigenvalue weighted by Crippen LogP contribution is -2.35. The van der Waals surface area contributed by atoms with Crippen LogP contribution in [0.15, 0.2) is 12.4 Å². The molecular weight excluding hydrogens is 190 g/mol. The van der Waals surface area contributed by atoms with Gasteiger partial charge in [-0.1, -0.05) is 0 Å². The fourth-order valence-electron chi connectivity index (χ4n) is 1.60. The molecule has 0 aromatic carbocycles. The molecule has 5 nitrogen and oxygen atoms in total. The van der Waals surface area contributed by atoms with Gasteiger partial charge in [0.05, 0.1) is 0 Å². The standard InChI is InChI=1S/C10H21N5/c1-14-9-5-13-10(14)2-6-15(7-3-11)8-4-12/h5,9H,2-4,6-8,11-12H2,1H3. The fourth-order valence-corrected chi connectivity index (χ4v) is 1.60. The maximum atomic E-state index is 5.54. The molecule has 0 saturated heterocycles. The highest BCUT2D eigenvalue weighted by Gasteiger charge is 2.05. The number of nitrogens with zero attached hydrogens (tertiary/aromatic N) is 3. The third-order valence-electron chi connectivity index (χ3n) is 2.46. The minimum atomic E-state index is 0.681. The van der Waals surface area contributed by atoms with Gasteiger partial charge in [-0.3, -0.25) is 0 Å².